The maximum Gasteiger partial charge on any atom is 0.336 e. The summed E-state index contributed by atoms with van der Waals surface area (Å²) in [6.45, 7) is 3.23. The second-order valence-electron chi connectivity index (χ2n) is 3.76. The highest BCUT2D eigenvalue weighted by Gasteiger charge is 2.19. The zero-order valence-electron chi connectivity index (χ0n) is 9.93. The molecule has 0 amide bonds. The Morgan fingerprint density at radius 3 is 2.67 bits per heavy atom. The highest BCUT2D eigenvalue weighted by molar-refractivity contribution is 5.90. The van der Waals surface area contributed by atoms with Crippen LogP contribution in [0.5, 0.6) is 0 Å². The maximum atomic E-state index is 10.9. The number of hydrogen-bond donors (Lipinski definition) is 2. The van der Waals surface area contributed by atoms with Crippen molar-refractivity contribution >= 4 is 17.3 Å². The van der Waals surface area contributed by atoms with E-state index in [9.17, 15) is 14.9 Å². The number of nitrogens with zero attached hydrogens (tertiary/aromatic N) is 1. The van der Waals surface area contributed by atoms with Crippen LogP contribution >= 0.6 is 0 Å². The maximum absolute atomic E-state index is 10.9. The smallest absolute Gasteiger partial charge is 0.336 e. The third-order valence-corrected chi connectivity index (χ3v) is 2.45. The van der Waals surface area contributed by atoms with Gasteiger partial charge in [0.05, 0.1) is 16.5 Å². The van der Waals surface area contributed by atoms with Gasteiger partial charge < -0.3 is 10.4 Å². The molecule has 1 atom stereocenters. The number of anilines is 1. The minimum Gasteiger partial charge on any atom is -0.478 e. The van der Waals surface area contributed by atoms with Crippen LogP contribution in [0.2, 0.25) is 0 Å². The van der Waals surface area contributed by atoms with Gasteiger partial charge in [-0.15, -0.1) is 6.42 Å². The van der Waals surface area contributed by atoms with Gasteiger partial charge in [-0.2, -0.15) is 0 Å². The van der Waals surface area contributed by atoms with Crippen molar-refractivity contribution in [3.63, 3.8) is 0 Å². The predicted molar refractivity (Wildman–Crippen MR) is 66.7 cm³/mol. The SMILES string of the molecule is C#CC(C)Nc1cc(C(=O)O)cc([N+](=O)[O-])c1C. The fourth-order valence-electron chi connectivity index (χ4n) is 1.44. The van der Waals surface area contributed by atoms with E-state index in [0.29, 0.717) is 11.3 Å². The van der Waals surface area contributed by atoms with E-state index >= 15 is 0 Å². The van der Waals surface area contributed by atoms with E-state index in [1.165, 1.54) is 13.0 Å². The monoisotopic (exact) mass is 248 g/mol. The van der Waals surface area contributed by atoms with E-state index in [0.717, 1.165) is 6.07 Å². The van der Waals surface area contributed by atoms with Crippen molar-refractivity contribution in [2.45, 2.75) is 19.9 Å². The van der Waals surface area contributed by atoms with E-state index in [1.807, 2.05) is 0 Å². The number of carboxylic acid groups (broad SMARTS) is 1. The Balaban J connectivity index is 3.36. The summed E-state index contributed by atoms with van der Waals surface area (Å²) >= 11 is 0. The van der Waals surface area contributed by atoms with Crippen LogP contribution < -0.4 is 5.32 Å². The molecule has 1 aromatic carbocycles. The molecule has 6 heteroatoms. The first kappa shape index (κ1) is 13.5. The highest BCUT2D eigenvalue weighted by Crippen LogP contribution is 2.28. The molecule has 1 rings (SSSR count). The first-order valence-electron chi connectivity index (χ1n) is 5.11. The lowest BCUT2D eigenvalue weighted by Gasteiger charge is -2.13. The first-order chi connectivity index (χ1) is 8.36. The zero-order chi connectivity index (χ0) is 13.9. The van der Waals surface area contributed by atoms with Gasteiger partial charge in [-0.1, -0.05) is 5.92 Å². The van der Waals surface area contributed by atoms with Crippen molar-refractivity contribution in [2.24, 2.45) is 0 Å². The van der Waals surface area contributed by atoms with Gasteiger partial charge in [0, 0.05) is 17.3 Å². The largest absolute Gasteiger partial charge is 0.478 e. The molecule has 0 saturated carbocycles. The summed E-state index contributed by atoms with van der Waals surface area (Å²) in [5, 5.41) is 22.6. The van der Waals surface area contributed by atoms with Gasteiger partial charge in [0.2, 0.25) is 0 Å². The number of hydrogen-bond acceptors (Lipinski definition) is 4. The molecule has 1 aromatic rings. The number of aromatic carboxylic acids is 1. The van der Waals surface area contributed by atoms with Gasteiger partial charge in [0.15, 0.2) is 0 Å². The molecule has 18 heavy (non-hydrogen) atoms. The molecule has 0 aliphatic heterocycles. The van der Waals surface area contributed by atoms with Crippen molar-refractivity contribution in [1.29, 1.82) is 0 Å². The first-order valence-corrected chi connectivity index (χ1v) is 5.11. The number of benzene rings is 1. The minimum atomic E-state index is -1.23. The Hall–Kier alpha value is -2.55. The molecule has 0 spiro atoms. The Kier molecular flexibility index (Phi) is 3.89. The molecule has 0 aliphatic carbocycles. The molecule has 0 bridgehead atoms. The molecule has 6 nitrogen and oxygen atoms in total. The van der Waals surface area contributed by atoms with E-state index < -0.39 is 10.9 Å². The summed E-state index contributed by atoms with van der Waals surface area (Å²) in [6.07, 6.45) is 5.20. The normalized spacial score (nSPS) is 11.4. The van der Waals surface area contributed by atoms with Crippen molar-refractivity contribution in [2.75, 3.05) is 5.32 Å². The topological polar surface area (TPSA) is 92.5 Å². The van der Waals surface area contributed by atoms with Crippen molar-refractivity contribution in [1.82, 2.24) is 0 Å². The van der Waals surface area contributed by atoms with Crippen LogP contribution in [0.1, 0.15) is 22.8 Å². The molecule has 0 aromatic heterocycles. The zero-order valence-corrected chi connectivity index (χ0v) is 9.93. The lowest BCUT2D eigenvalue weighted by molar-refractivity contribution is -0.385. The molecule has 0 fully saturated rings. The summed E-state index contributed by atoms with van der Waals surface area (Å²) < 4.78 is 0. The van der Waals surface area contributed by atoms with Crippen LogP contribution in [0.15, 0.2) is 12.1 Å². The molecule has 94 valence electrons. The Morgan fingerprint density at radius 2 is 2.22 bits per heavy atom. The Morgan fingerprint density at radius 1 is 1.61 bits per heavy atom. The fraction of sp³-hybridized carbons (Fsp3) is 0.250. The Bertz CT molecular complexity index is 546. The number of carboxylic acids is 1. The van der Waals surface area contributed by atoms with E-state index in [1.54, 1.807) is 6.92 Å². The van der Waals surface area contributed by atoms with Gasteiger partial charge in [0.1, 0.15) is 0 Å². The third-order valence-electron chi connectivity index (χ3n) is 2.45. The van der Waals surface area contributed by atoms with E-state index in [4.69, 9.17) is 11.5 Å². The lowest BCUT2D eigenvalue weighted by Crippen LogP contribution is -2.14. The summed E-state index contributed by atoms with van der Waals surface area (Å²) in [4.78, 5) is 21.1. The average Bonchev–Trinajstić information content (AvgIpc) is 2.30. The fourth-order valence-corrected chi connectivity index (χ4v) is 1.44. The second kappa shape index (κ2) is 5.19. The molecule has 2 N–H and O–H groups in total. The summed E-state index contributed by atoms with van der Waals surface area (Å²) in [6, 6.07) is 2.01. The quantitative estimate of drug-likeness (QED) is 0.483. The van der Waals surface area contributed by atoms with E-state index in [2.05, 4.69) is 11.2 Å². The molecule has 0 aliphatic rings. The van der Waals surface area contributed by atoms with Crippen LogP contribution in [-0.4, -0.2) is 22.0 Å². The molecule has 0 saturated heterocycles. The van der Waals surface area contributed by atoms with Crippen LogP contribution in [0.4, 0.5) is 11.4 Å². The van der Waals surface area contributed by atoms with Crippen LogP contribution in [0, 0.1) is 29.4 Å². The van der Waals surface area contributed by atoms with E-state index in [-0.39, 0.29) is 17.3 Å². The van der Waals surface area contributed by atoms with Crippen molar-refractivity contribution in [3.8, 4) is 12.3 Å². The molecule has 1 unspecified atom stereocenters. The van der Waals surface area contributed by atoms with Crippen molar-refractivity contribution in [3.05, 3.63) is 33.4 Å². The van der Waals surface area contributed by atoms with Crippen LogP contribution in [0.3, 0.4) is 0 Å². The minimum absolute atomic E-state index is 0.154. The van der Waals surface area contributed by atoms with Gasteiger partial charge >= 0.3 is 5.97 Å². The van der Waals surface area contributed by atoms with Crippen LogP contribution in [0.25, 0.3) is 0 Å². The molecular weight excluding hydrogens is 236 g/mol. The molecule has 0 radical (unpaired) electrons. The molecule has 0 heterocycles. The number of nitro benzene ring substituents is 1. The summed E-state index contributed by atoms with van der Waals surface area (Å²) in [5.41, 5.74) is 0.305. The number of nitrogens with one attached hydrogen (secondary N) is 1. The summed E-state index contributed by atoms with van der Waals surface area (Å²) in [7, 11) is 0. The van der Waals surface area contributed by atoms with Crippen molar-refractivity contribution < 1.29 is 14.8 Å². The second-order valence-corrected chi connectivity index (χ2v) is 3.76. The predicted octanol–water partition coefficient (Wildman–Crippen LogP) is 2.04. The van der Waals surface area contributed by atoms with Gasteiger partial charge in [-0.05, 0) is 19.9 Å². The van der Waals surface area contributed by atoms with Gasteiger partial charge in [-0.25, -0.2) is 4.79 Å². The van der Waals surface area contributed by atoms with Crippen LogP contribution in [-0.2, 0) is 0 Å². The highest BCUT2D eigenvalue weighted by atomic mass is 16.6. The van der Waals surface area contributed by atoms with Gasteiger partial charge in [0.25, 0.3) is 5.69 Å². The standard InChI is InChI=1S/C12H12N2O4/c1-4-7(2)13-10-5-9(12(15)16)6-11(8(10)3)14(17)18/h1,5-7,13H,2-3H3,(H,15,16). The lowest BCUT2D eigenvalue weighted by atomic mass is 10.1. The number of carbonyl (C=O) groups is 1. The number of rotatable bonds is 4. The number of nitro groups is 1. The summed E-state index contributed by atoms with van der Waals surface area (Å²) in [5.74, 6) is 1.18. The Labute approximate surface area is 104 Å². The van der Waals surface area contributed by atoms with Gasteiger partial charge in [-0.3, -0.25) is 10.1 Å². The molecular formula is C12H12N2O4. The third kappa shape index (κ3) is 2.77. The average molecular weight is 248 g/mol. The number of terminal acetylenes is 1.